The van der Waals surface area contributed by atoms with Crippen molar-refractivity contribution in [3.8, 4) is 17.2 Å². The molecule has 0 saturated heterocycles. The zero-order chi connectivity index (χ0) is 21.3. The molecule has 9 heteroatoms. The largest absolute Gasteiger partial charge is 0.493 e. The predicted molar refractivity (Wildman–Crippen MR) is 110 cm³/mol. The number of likely N-dealkylation sites (N-methyl/N-ethyl adjacent to an activating group) is 1. The number of hydrogen-bond acceptors (Lipinski definition) is 7. The SMILES string of the molecule is CCNC(=O)COc1ccc(/C=C/C(=O)c2cccc(-n3cnnn3)c2)cc1OC. The molecular weight excluding hydrogens is 386 g/mol. The fraction of sp³-hybridized carbons (Fsp3) is 0.190. The summed E-state index contributed by atoms with van der Waals surface area (Å²) in [7, 11) is 1.51. The second-order valence-corrected chi connectivity index (χ2v) is 6.15. The monoisotopic (exact) mass is 407 g/mol. The van der Waals surface area contributed by atoms with E-state index in [1.54, 1.807) is 48.5 Å². The van der Waals surface area contributed by atoms with Crippen LogP contribution in [0.3, 0.4) is 0 Å². The van der Waals surface area contributed by atoms with Crippen molar-refractivity contribution < 1.29 is 19.1 Å². The van der Waals surface area contributed by atoms with Crippen molar-refractivity contribution in [1.82, 2.24) is 25.5 Å². The molecule has 0 bridgehead atoms. The fourth-order valence-corrected chi connectivity index (χ4v) is 2.65. The highest BCUT2D eigenvalue weighted by molar-refractivity contribution is 6.07. The van der Waals surface area contributed by atoms with Gasteiger partial charge in [-0.15, -0.1) is 5.10 Å². The zero-order valence-electron chi connectivity index (χ0n) is 16.6. The van der Waals surface area contributed by atoms with Crippen molar-refractivity contribution in [1.29, 1.82) is 0 Å². The van der Waals surface area contributed by atoms with Gasteiger partial charge < -0.3 is 14.8 Å². The number of hydrogen-bond donors (Lipinski definition) is 1. The van der Waals surface area contributed by atoms with Crippen LogP contribution in [0.4, 0.5) is 0 Å². The third-order valence-electron chi connectivity index (χ3n) is 4.09. The van der Waals surface area contributed by atoms with E-state index in [0.717, 1.165) is 5.56 Å². The fourth-order valence-electron chi connectivity index (χ4n) is 2.65. The number of carbonyl (C=O) groups is 2. The van der Waals surface area contributed by atoms with Gasteiger partial charge in [0.05, 0.1) is 12.8 Å². The van der Waals surface area contributed by atoms with Gasteiger partial charge in [0.25, 0.3) is 5.91 Å². The lowest BCUT2D eigenvalue weighted by atomic mass is 10.1. The van der Waals surface area contributed by atoms with Crippen LogP contribution in [0.2, 0.25) is 0 Å². The van der Waals surface area contributed by atoms with Crippen LogP contribution in [0.1, 0.15) is 22.8 Å². The molecule has 1 amide bonds. The number of methoxy groups -OCH3 is 1. The van der Waals surface area contributed by atoms with Gasteiger partial charge in [0.1, 0.15) is 6.33 Å². The minimum atomic E-state index is -0.210. The number of allylic oxidation sites excluding steroid dienone is 1. The minimum absolute atomic E-state index is 0.102. The third-order valence-corrected chi connectivity index (χ3v) is 4.09. The molecule has 0 saturated carbocycles. The van der Waals surface area contributed by atoms with Crippen LogP contribution in [0, 0.1) is 0 Å². The molecule has 0 aliphatic heterocycles. The molecule has 0 unspecified atom stereocenters. The highest BCUT2D eigenvalue weighted by Crippen LogP contribution is 2.28. The molecule has 1 aromatic heterocycles. The van der Waals surface area contributed by atoms with Crippen LogP contribution in [-0.4, -0.2) is 52.2 Å². The number of amides is 1. The average molecular weight is 407 g/mol. The summed E-state index contributed by atoms with van der Waals surface area (Å²) < 4.78 is 12.3. The maximum Gasteiger partial charge on any atom is 0.257 e. The van der Waals surface area contributed by atoms with Crippen molar-refractivity contribution in [3.05, 3.63) is 66.0 Å². The first kappa shape index (κ1) is 20.7. The van der Waals surface area contributed by atoms with Crippen LogP contribution >= 0.6 is 0 Å². The standard InChI is InChI=1S/C21H21N5O4/c1-3-22-21(28)13-30-19-10-8-15(11-20(19)29-2)7-9-18(27)16-5-4-6-17(12-16)26-14-23-24-25-26/h4-12,14H,3,13H2,1-2H3,(H,22,28)/b9-7+. The molecule has 1 heterocycles. The Bertz CT molecular complexity index is 1050. The van der Waals surface area contributed by atoms with E-state index in [4.69, 9.17) is 9.47 Å². The van der Waals surface area contributed by atoms with Crippen LogP contribution in [0.15, 0.2) is 54.9 Å². The number of nitrogens with zero attached hydrogens (tertiary/aromatic N) is 4. The summed E-state index contributed by atoms with van der Waals surface area (Å²) in [6.45, 7) is 2.27. The first-order valence-corrected chi connectivity index (χ1v) is 9.24. The van der Waals surface area contributed by atoms with Crippen LogP contribution in [0.25, 0.3) is 11.8 Å². The van der Waals surface area contributed by atoms with Crippen molar-refractivity contribution >= 4 is 17.8 Å². The molecule has 0 aliphatic carbocycles. The number of tetrazole rings is 1. The number of carbonyl (C=O) groups excluding carboxylic acids is 2. The Morgan fingerprint density at radius 1 is 1.17 bits per heavy atom. The Hall–Kier alpha value is -4.01. The predicted octanol–water partition coefficient (Wildman–Crippen LogP) is 2.08. The van der Waals surface area contributed by atoms with E-state index in [1.807, 2.05) is 6.92 Å². The highest BCUT2D eigenvalue weighted by atomic mass is 16.5. The van der Waals surface area contributed by atoms with E-state index in [0.29, 0.717) is 29.3 Å². The zero-order valence-corrected chi connectivity index (χ0v) is 16.6. The molecule has 3 aromatic rings. The summed E-state index contributed by atoms with van der Waals surface area (Å²) in [5.41, 5.74) is 1.95. The molecule has 3 rings (SSSR count). The Morgan fingerprint density at radius 2 is 2.03 bits per heavy atom. The van der Waals surface area contributed by atoms with Gasteiger partial charge in [0, 0.05) is 12.1 Å². The lowest BCUT2D eigenvalue weighted by Crippen LogP contribution is -2.28. The van der Waals surface area contributed by atoms with E-state index in [-0.39, 0.29) is 18.3 Å². The summed E-state index contributed by atoms with van der Waals surface area (Å²) in [5, 5.41) is 13.7. The van der Waals surface area contributed by atoms with Gasteiger partial charge in [-0.25, -0.2) is 4.68 Å². The maximum atomic E-state index is 12.6. The first-order valence-electron chi connectivity index (χ1n) is 9.24. The third kappa shape index (κ3) is 5.28. The van der Waals surface area contributed by atoms with Crippen LogP contribution in [0.5, 0.6) is 11.5 Å². The Balaban J connectivity index is 1.70. The van der Waals surface area contributed by atoms with Gasteiger partial charge in [-0.1, -0.05) is 24.3 Å². The van der Waals surface area contributed by atoms with Crippen LogP contribution < -0.4 is 14.8 Å². The first-order chi connectivity index (χ1) is 14.6. The van der Waals surface area contributed by atoms with Crippen LogP contribution in [-0.2, 0) is 4.79 Å². The average Bonchev–Trinajstić information content (AvgIpc) is 3.31. The van der Waals surface area contributed by atoms with Gasteiger partial charge in [-0.05, 0) is 53.3 Å². The van der Waals surface area contributed by atoms with E-state index >= 15 is 0 Å². The summed E-state index contributed by atoms with van der Waals surface area (Å²) in [4.78, 5) is 24.1. The van der Waals surface area contributed by atoms with Crippen molar-refractivity contribution in [2.45, 2.75) is 6.92 Å². The number of aromatic nitrogens is 4. The van der Waals surface area contributed by atoms with Gasteiger partial charge >= 0.3 is 0 Å². The molecule has 0 spiro atoms. The summed E-state index contributed by atoms with van der Waals surface area (Å²) in [5.74, 6) is 0.537. The van der Waals surface area contributed by atoms with Gasteiger partial charge in [0.2, 0.25) is 0 Å². The van der Waals surface area contributed by atoms with Crippen molar-refractivity contribution in [2.24, 2.45) is 0 Å². The smallest absolute Gasteiger partial charge is 0.257 e. The number of nitrogens with one attached hydrogen (secondary N) is 1. The van der Waals surface area contributed by atoms with E-state index in [2.05, 4.69) is 20.8 Å². The Labute approximate surface area is 173 Å². The molecule has 1 N–H and O–H groups in total. The van der Waals surface area contributed by atoms with E-state index < -0.39 is 0 Å². The normalized spacial score (nSPS) is 10.7. The van der Waals surface area contributed by atoms with E-state index in [1.165, 1.54) is 24.2 Å². The Kier molecular flexibility index (Phi) is 6.88. The van der Waals surface area contributed by atoms with Gasteiger partial charge in [0.15, 0.2) is 23.9 Å². The minimum Gasteiger partial charge on any atom is -0.493 e. The highest BCUT2D eigenvalue weighted by Gasteiger charge is 2.09. The molecule has 30 heavy (non-hydrogen) atoms. The summed E-state index contributed by atoms with van der Waals surface area (Å²) in [6, 6.07) is 12.2. The summed E-state index contributed by atoms with van der Waals surface area (Å²) >= 11 is 0. The Morgan fingerprint density at radius 3 is 2.77 bits per heavy atom. The molecule has 9 nitrogen and oxygen atoms in total. The number of rotatable bonds is 9. The van der Waals surface area contributed by atoms with Gasteiger partial charge in [-0.3, -0.25) is 9.59 Å². The number of ether oxygens (including phenoxy) is 2. The van der Waals surface area contributed by atoms with E-state index in [9.17, 15) is 9.59 Å². The molecule has 0 radical (unpaired) electrons. The molecule has 2 aromatic carbocycles. The molecule has 0 atom stereocenters. The number of benzene rings is 2. The molecule has 154 valence electrons. The summed E-state index contributed by atoms with van der Waals surface area (Å²) in [6.07, 6.45) is 4.62. The topological polar surface area (TPSA) is 108 Å². The second kappa shape index (κ2) is 9.97. The molecule has 0 aliphatic rings. The number of ketones is 1. The van der Waals surface area contributed by atoms with Crippen molar-refractivity contribution in [3.63, 3.8) is 0 Å². The van der Waals surface area contributed by atoms with Gasteiger partial charge in [-0.2, -0.15) is 0 Å². The van der Waals surface area contributed by atoms with Crippen molar-refractivity contribution in [2.75, 3.05) is 20.3 Å². The second-order valence-electron chi connectivity index (χ2n) is 6.15. The lowest BCUT2D eigenvalue weighted by molar-refractivity contribution is -0.123. The molecular formula is C21H21N5O4. The molecule has 0 fully saturated rings. The maximum absolute atomic E-state index is 12.6. The lowest BCUT2D eigenvalue weighted by Gasteiger charge is -2.11. The quantitative estimate of drug-likeness (QED) is 0.427.